The molecule has 0 amide bonds. The number of fused-ring (bicyclic) bond motifs is 8. The standard InChI is InChI=1S/C112H106N2O8/c1-109(2,3)101-75-93-71-97-79-103(111(83-113,119-67-35-59-89-47-23-11-24-48-89)120-68-36-60-90-49-25-12-26-50-90)81-99(107(97)117-65-33-57-87-43-19-9-20-44-87)73-95-77-102(110(4,5)6)78-96(106(95)116-64-32-56-86-41-17-8-18-42-86)74-100-82-104(112(84-114,121-69-37-61-91-51-27-13-28-52-91)122-70-38-62-92-53-29-14-30-54-92)80-98(108(100)118-66-34-58-88-45-21-10-22-46-88)72-94(76-101)105(93)115-63-31-55-85-39-15-7-16-40-85/h7-62,75-82H,63-74H2,1-6H3/b55-31+,56-32+,57-33-,58-34-,59-35-,60-36+,61-37+,62-38+. The molecule has 1 aliphatic rings. The molecule has 8 bridgehead atoms. The molecule has 1 aliphatic carbocycles. The summed E-state index contributed by atoms with van der Waals surface area (Å²) < 4.78 is 58.2. The van der Waals surface area contributed by atoms with E-state index in [1.165, 1.54) is 0 Å². The van der Waals surface area contributed by atoms with Crippen LogP contribution in [0, 0.1) is 22.7 Å². The van der Waals surface area contributed by atoms with E-state index < -0.39 is 22.4 Å². The highest BCUT2D eigenvalue weighted by molar-refractivity contribution is 5.63. The van der Waals surface area contributed by atoms with Crippen LogP contribution in [0.15, 0.2) is 340 Å². The topological polar surface area (TPSA) is 121 Å². The van der Waals surface area contributed by atoms with Crippen molar-refractivity contribution in [2.45, 2.75) is 89.6 Å². The van der Waals surface area contributed by atoms with Crippen molar-refractivity contribution in [3.63, 3.8) is 0 Å². The van der Waals surface area contributed by atoms with E-state index in [0.717, 1.165) is 100 Å². The van der Waals surface area contributed by atoms with E-state index in [4.69, 9.17) is 37.9 Å². The SMILES string of the molecule is CC(C)(C)c1cc2c(OC/C=C/c3ccccc3)c(c1)Cc1cc(C(C#N)(OC/C=C/c3ccccc3)OC/C=C/c3ccccc3)cc(c1OC/C=C\c1ccccc1)Cc1cc(C(C)(C)C)cc(c1OC/C=C/c1ccccc1)Cc1cc(C(C#N)(OC/C=C\c3ccccc3)OC/C=C/c3ccccc3)cc(c1OC/C=C\c1ccccc1)C2. The highest BCUT2D eigenvalue weighted by atomic mass is 16.7. The Kier molecular flexibility index (Phi) is 30.5. The van der Waals surface area contributed by atoms with Gasteiger partial charge in [0.15, 0.2) is 0 Å². The van der Waals surface area contributed by atoms with Crippen LogP contribution in [-0.4, -0.2) is 52.9 Å². The van der Waals surface area contributed by atoms with Crippen molar-refractivity contribution in [2.24, 2.45) is 0 Å². The number of nitriles is 2. The molecule has 0 radical (unpaired) electrons. The van der Waals surface area contributed by atoms with Gasteiger partial charge in [-0.2, -0.15) is 10.5 Å². The van der Waals surface area contributed by atoms with Crippen molar-refractivity contribution in [3.05, 3.63) is 451 Å². The molecule has 13 rings (SSSR count). The molecule has 0 N–H and O–H groups in total. The van der Waals surface area contributed by atoms with Crippen molar-refractivity contribution in [1.29, 1.82) is 10.5 Å². The van der Waals surface area contributed by atoms with Crippen LogP contribution in [-0.2, 0) is 67.0 Å². The lowest BCUT2D eigenvalue weighted by molar-refractivity contribution is -0.193. The molecular formula is C112H106N2O8. The van der Waals surface area contributed by atoms with Crippen LogP contribution in [0.3, 0.4) is 0 Å². The first-order valence-electron chi connectivity index (χ1n) is 41.9. The van der Waals surface area contributed by atoms with Crippen LogP contribution in [0.25, 0.3) is 48.6 Å². The molecule has 0 aliphatic heterocycles. The molecule has 0 saturated heterocycles. The molecular weight excluding hydrogens is 1500 g/mol. The fraction of sp³-hybridized carbons (Fsp3) is 0.196. The number of rotatable bonds is 34. The van der Waals surface area contributed by atoms with E-state index in [2.05, 4.69) is 151 Å². The number of ether oxygens (including phenoxy) is 8. The largest absolute Gasteiger partial charge is 0.489 e. The Bertz CT molecular complexity index is 5170. The van der Waals surface area contributed by atoms with E-state index in [9.17, 15) is 10.5 Å². The van der Waals surface area contributed by atoms with Crippen molar-refractivity contribution in [2.75, 3.05) is 52.9 Å². The van der Waals surface area contributed by atoms with Gasteiger partial charge in [-0.05, 0) is 160 Å². The van der Waals surface area contributed by atoms with Gasteiger partial charge in [0, 0.05) is 36.8 Å². The summed E-state index contributed by atoms with van der Waals surface area (Å²) >= 11 is 0. The lowest BCUT2D eigenvalue weighted by Crippen LogP contribution is -2.32. The highest BCUT2D eigenvalue weighted by Crippen LogP contribution is 2.46. The molecule has 0 saturated carbocycles. The Morgan fingerprint density at radius 3 is 0.541 bits per heavy atom. The van der Waals surface area contributed by atoms with Crippen LogP contribution < -0.4 is 18.9 Å². The van der Waals surface area contributed by atoms with E-state index in [0.29, 0.717) is 34.1 Å². The van der Waals surface area contributed by atoms with Gasteiger partial charge in [-0.1, -0.05) is 381 Å². The molecule has 12 aromatic carbocycles. The summed E-state index contributed by atoms with van der Waals surface area (Å²) in [6.07, 6.45) is 33.0. The van der Waals surface area contributed by atoms with E-state index in [1.807, 2.05) is 291 Å². The zero-order valence-electron chi connectivity index (χ0n) is 70.6. The number of hydrogen-bond donors (Lipinski definition) is 0. The molecule has 10 heteroatoms. The van der Waals surface area contributed by atoms with Gasteiger partial charge in [-0.3, -0.25) is 0 Å². The second kappa shape index (κ2) is 43.0. The fourth-order valence-corrected chi connectivity index (χ4v) is 14.7. The Morgan fingerprint density at radius 1 is 0.230 bits per heavy atom. The maximum atomic E-state index is 12.3. The summed E-state index contributed by atoms with van der Waals surface area (Å²) in [6, 6.07) is 103. The van der Waals surface area contributed by atoms with Crippen molar-refractivity contribution in [3.8, 4) is 35.1 Å². The molecule has 612 valence electrons. The minimum Gasteiger partial charge on any atom is -0.489 e. The Balaban J connectivity index is 1.11. The Morgan fingerprint density at radius 2 is 0.385 bits per heavy atom. The zero-order chi connectivity index (χ0) is 84.7. The summed E-state index contributed by atoms with van der Waals surface area (Å²) in [5.74, 6) is -1.58. The highest BCUT2D eigenvalue weighted by Gasteiger charge is 2.39. The first-order valence-corrected chi connectivity index (χ1v) is 41.9. The van der Waals surface area contributed by atoms with Crippen LogP contribution in [0.2, 0.25) is 0 Å². The zero-order valence-corrected chi connectivity index (χ0v) is 70.6. The minimum absolute atomic E-state index is 0.0102. The quantitative estimate of drug-likeness (QED) is 0.0360. The predicted octanol–water partition coefficient (Wildman–Crippen LogP) is 25.6. The maximum absolute atomic E-state index is 12.3. The summed E-state index contributed by atoms with van der Waals surface area (Å²) in [7, 11) is 0. The third-order valence-electron chi connectivity index (χ3n) is 21.0. The molecule has 10 nitrogen and oxygen atoms in total. The normalized spacial score (nSPS) is 13.2. The second-order valence-corrected chi connectivity index (χ2v) is 32.2. The average Bonchev–Trinajstić information content (AvgIpc) is 0.753. The monoisotopic (exact) mass is 1610 g/mol. The molecule has 0 fully saturated rings. The summed E-state index contributed by atoms with van der Waals surface area (Å²) in [5, 5.41) is 24.6. The van der Waals surface area contributed by atoms with Gasteiger partial charge in [-0.25, -0.2) is 0 Å². The smallest absolute Gasteiger partial charge is 0.287 e. The summed E-state index contributed by atoms with van der Waals surface area (Å²) in [4.78, 5) is 0. The first-order chi connectivity index (χ1) is 59.6. The van der Waals surface area contributed by atoms with Gasteiger partial charge >= 0.3 is 0 Å². The van der Waals surface area contributed by atoms with Crippen molar-refractivity contribution in [1.82, 2.24) is 0 Å². The average molecular weight is 1610 g/mol. The van der Waals surface area contributed by atoms with E-state index in [-0.39, 0.29) is 78.5 Å². The lowest BCUT2D eigenvalue weighted by Gasteiger charge is -2.30. The fourth-order valence-electron chi connectivity index (χ4n) is 14.7. The van der Waals surface area contributed by atoms with E-state index in [1.54, 1.807) is 0 Å². The van der Waals surface area contributed by atoms with Crippen LogP contribution in [0.5, 0.6) is 23.0 Å². The van der Waals surface area contributed by atoms with Crippen molar-refractivity contribution >= 4 is 48.6 Å². The van der Waals surface area contributed by atoms with Crippen LogP contribution >= 0.6 is 0 Å². The molecule has 0 heterocycles. The van der Waals surface area contributed by atoms with Gasteiger partial charge in [0.1, 0.15) is 61.6 Å². The van der Waals surface area contributed by atoms with Gasteiger partial charge < -0.3 is 37.9 Å². The Hall–Kier alpha value is -13.4. The van der Waals surface area contributed by atoms with Gasteiger partial charge in [0.05, 0.1) is 26.4 Å². The third-order valence-corrected chi connectivity index (χ3v) is 21.0. The lowest BCUT2D eigenvalue weighted by atomic mass is 9.81. The number of nitrogens with zero attached hydrogens (tertiary/aromatic N) is 2. The number of benzene rings is 12. The maximum Gasteiger partial charge on any atom is 0.287 e. The molecule has 0 spiro atoms. The first kappa shape index (κ1) is 86.4. The van der Waals surface area contributed by atoms with Crippen molar-refractivity contribution < 1.29 is 37.9 Å². The molecule has 0 aromatic heterocycles. The Labute approximate surface area is 721 Å². The minimum atomic E-state index is -2.02. The van der Waals surface area contributed by atoms with E-state index >= 15 is 0 Å². The van der Waals surface area contributed by atoms with Crippen LogP contribution in [0.1, 0.15) is 153 Å². The number of hydrogen-bond acceptors (Lipinski definition) is 10. The third kappa shape index (κ3) is 24.4. The molecule has 1 atom stereocenters. The summed E-state index contributed by atoms with van der Waals surface area (Å²) in [5.41, 5.74) is 16.4. The molecule has 12 aromatic rings. The second-order valence-electron chi connectivity index (χ2n) is 32.2. The van der Waals surface area contributed by atoms with Gasteiger partial charge in [0.25, 0.3) is 11.6 Å². The summed E-state index contributed by atoms with van der Waals surface area (Å²) in [6.45, 7) is 14.1. The van der Waals surface area contributed by atoms with Gasteiger partial charge in [0.2, 0.25) is 0 Å². The predicted molar refractivity (Wildman–Crippen MR) is 499 cm³/mol. The van der Waals surface area contributed by atoms with Gasteiger partial charge in [-0.15, -0.1) is 0 Å². The molecule has 1 unspecified atom stereocenters. The molecule has 122 heavy (non-hydrogen) atoms. The van der Waals surface area contributed by atoms with Crippen LogP contribution in [0.4, 0.5) is 0 Å².